The summed E-state index contributed by atoms with van der Waals surface area (Å²) in [5.41, 5.74) is 0.952. The number of rotatable bonds is 6. The average Bonchev–Trinajstić information content (AvgIpc) is 3.00. The first-order chi connectivity index (χ1) is 9.56. The molecule has 0 amide bonds. The summed E-state index contributed by atoms with van der Waals surface area (Å²) in [6.45, 7) is 0. The molecule has 1 N–H and O–H groups in total. The zero-order valence-electron chi connectivity index (χ0n) is 12.1. The van der Waals surface area contributed by atoms with Gasteiger partial charge in [-0.25, -0.2) is 8.42 Å². The van der Waals surface area contributed by atoms with E-state index in [1.807, 2.05) is 24.3 Å². The molecule has 0 saturated heterocycles. The van der Waals surface area contributed by atoms with Crippen molar-refractivity contribution >= 4 is 9.84 Å². The van der Waals surface area contributed by atoms with E-state index in [2.05, 4.69) is 5.32 Å². The number of hydrogen-bond donors (Lipinski definition) is 1. The van der Waals surface area contributed by atoms with Crippen molar-refractivity contribution in [2.45, 2.75) is 37.0 Å². The van der Waals surface area contributed by atoms with E-state index < -0.39 is 9.84 Å². The Hall–Kier alpha value is -1.07. The molecule has 1 aromatic rings. The molecule has 5 heteroatoms. The lowest BCUT2D eigenvalue weighted by atomic mass is 10.1. The average molecular weight is 297 g/mol. The van der Waals surface area contributed by atoms with Gasteiger partial charge in [0.25, 0.3) is 0 Å². The van der Waals surface area contributed by atoms with Crippen LogP contribution >= 0.6 is 0 Å². The van der Waals surface area contributed by atoms with Crippen LogP contribution in [0, 0.1) is 0 Å². The number of sulfone groups is 1. The van der Waals surface area contributed by atoms with Crippen molar-refractivity contribution in [1.29, 1.82) is 0 Å². The second-order valence-electron chi connectivity index (χ2n) is 5.35. The minimum atomic E-state index is -3.04. The first-order valence-electron chi connectivity index (χ1n) is 7.09. The van der Waals surface area contributed by atoms with Gasteiger partial charge in [0.2, 0.25) is 0 Å². The highest BCUT2D eigenvalue weighted by Crippen LogP contribution is 2.28. The van der Waals surface area contributed by atoms with Crippen LogP contribution < -0.4 is 10.1 Å². The molecule has 1 unspecified atom stereocenters. The minimum absolute atomic E-state index is 0.149. The summed E-state index contributed by atoms with van der Waals surface area (Å²) in [5, 5.41) is 2.97. The van der Waals surface area contributed by atoms with Gasteiger partial charge < -0.3 is 10.1 Å². The third-order valence-corrected chi connectivity index (χ3v) is 6.34. The molecule has 0 heterocycles. The summed E-state index contributed by atoms with van der Waals surface area (Å²) in [5.74, 6) is 0.905. The van der Waals surface area contributed by atoms with Crippen molar-refractivity contribution in [3.05, 3.63) is 29.8 Å². The molecule has 112 valence electrons. The molecule has 20 heavy (non-hydrogen) atoms. The molecule has 1 fully saturated rings. The van der Waals surface area contributed by atoms with Crippen LogP contribution in [-0.4, -0.2) is 33.6 Å². The second-order valence-corrected chi connectivity index (χ2v) is 7.68. The fourth-order valence-corrected chi connectivity index (χ4v) is 4.97. The van der Waals surface area contributed by atoms with Crippen LogP contribution in [0.1, 0.15) is 37.3 Å². The van der Waals surface area contributed by atoms with Gasteiger partial charge in [-0.1, -0.05) is 25.0 Å². The third kappa shape index (κ3) is 3.52. The predicted molar refractivity (Wildman–Crippen MR) is 80.8 cm³/mol. The maximum absolute atomic E-state index is 12.5. The molecular weight excluding hydrogens is 274 g/mol. The van der Waals surface area contributed by atoms with Crippen LogP contribution in [0.4, 0.5) is 0 Å². The van der Waals surface area contributed by atoms with Crippen LogP contribution in [0.3, 0.4) is 0 Å². The summed E-state index contributed by atoms with van der Waals surface area (Å²) < 4.78 is 30.1. The largest absolute Gasteiger partial charge is 0.497 e. The smallest absolute Gasteiger partial charge is 0.155 e. The lowest BCUT2D eigenvalue weighted by molar-refractivity contribution is 0.413. The highest BCUT2D eigenvalue weighted by atomic mass is 32.2. The van der Waals surface area contributed by atoms with Gasteiger partial charge in [-0.15, -0.1) is 0 Å². The van der Waals surface area contributed by atoms with E-state index in [1.165, 1.54) is 0 Å². The Labute approximate surface area is 121 Å². The van der Waals surface area contributed by atoms with Crippen LogP contribution in [0.2, 0.25) is 0 Å². The minimum Gasteiger partial charge on any atom is -0.497 e. The van der Waals surface area contributed by atoms with Crippen LogP contribution in [0.5, 0.6) is 5.75 Å². The Morgan fingerprint density at radius 3 is 2.65 bits per heavy atom. The molecule has 0 spiro atoms. The van der Waals surface area contributed by atoms with Gasteiger partial charge in [-0.3, -0.25) is 0 Å². The van der Waals surface area contributed by atoms with Crippen molar-refractivity contribution in [2.24, 2.45) is 0 Å². The van der Waals surface area contributed by atoms with Crippen LogP contribution in [0.25, 0.3) is 0 Å². The summed E-state index contributed by atoms with van der Waals surface area (Å²) in [6.07, 6.45) is 3.70. The SMILES string of the molecule is CNC(CS(=O)(=O)C1CCCC1)c1cccc(OC)c1. The third-order valence-electron chi connectivity index (χ3n) is 4.05. The van der Waals surface area contributed by atoms with Crippen molar-refractivity contribution in [3.63, 3.8) is 0 Å². The molecule has 1 aromatic carbocycles. The van der Waals surface area contributed by atoms with Crippen molar-refractivity contribution in [3.8, 4) is 5.75 Å². The number of ether oxygens (including phenoxy) is 1. The van der Waals surface area contributed by atoms with Crippen molar-refractivity contribution in [1.82, 2.24) is 5.32 Å². The van der Waals surface area contributed by atoms with E-state index in [-0.39, 0.29) is 17.0 Å². The van der Waals surface area contributed by atoms with Crippen molar-refractivity contribution < 1.29 is 13.2 Å². The number of nitrogens with one attached hydrogen (secondary N) is 1. The maximum atomic E-state index is 12.5. The first-order valence-corrected chi connectivity index (χ1v) is 8.81. The second kappa shape index (κ2) is 6.59. The fourth-order valence-electron chi connectivity index (χ4n) is 2.82. The maximum Gasteiger partial charge on any atom is 0.155 e. The zero-order valence-corrected chi connectivity index (χ0v) is 12.9. The van der Waals surface area contributed by atoms with Gasteiger partial charge in [-0.05, 0) is 37.6 Å². The highest BCUT2D eigenvalue weighted by Gasteiger charge is 2.31. The first kappa shape index (κ1) is 15.3. The van der Waals surface area contributed by atoms with Gasteiger partial charge in [0.1, 0.15) is 5.75 Å². The van der Waals surface area contributed by atoms with E-state index in [1.54, 1.807) is 14.2 Å². The van der Waals surface area contributed by atoms with Crippen LogP contribution in [0.15, 0.2) is 24.3 Å². The molecule has 0 aliphatic heterocycles. The number of benzene rings is 1. The van der Waals surface area contributed by atoms with E-state index in [0.717, 1.165) is 37.0 Å². The topological polar surface area (TPSA) is 55.4 Å². The van der Waals surface area contributed by atoms with E-state index in [0.29, 0.717) is 0 Å². The van der Waals surface area contributed by atoms with E-state index >= 15 is 0 Å². The molecule has 1 aliphatic carbocycles. The molecule has 1 aliphatic rings. The zero-order chi connectivity index (χ0) is 14.6. The van der Waals surface area contributed by atoms with Gasteiger partial charge >= 0.3 is 0 Å². The molecular formula is C15H23NO3S. The molecule has 2 rings (SSSR count). The summed E-state index contributed by atoms with van der Waals surface area (Å²) in [6, 6.07) is 7.40. The predicted octanol–water partition coefficient (Wildman–Crippen LogP) is 2.31. The Morgan fingerprint density at radius 2 is 2.05 bits per heavy atom. The highest BCUT2D eigenvalue weighted by molar-refractivity contribution is 7.92. The summed E-state index contributed by atoms with van der Waals surface area (Å²) in [4.78, 5) is 0. The normalized spacial score (nSPS) is 18.1. The Balaban J connectivity index is 2.15. The lowest BCUT2D eigenvalue weighted by Crippen LogP contribution is -2.30. The molecule has 0 bridgehead atoms. The van der Waals surface area contributed by atoms with Crippen molar-refractivity contribution in [2.75, 3.05) is 19.9 Å². The molecule has 0 radical (unpaired) electrons. The fraction of sp³-hybridized carbons (Fsp3) is 0.600. The van der Waals surface area contributed by atoms with E-state index in [4.69, 9.17) is 4.74 Å². The van der Waals surface area contributed by atoms with Gasteiger partial charge in [0.15, 0.2) is 9.84 Å². The summed E-state index contributed by atoms with van der Waals surface area (Å²) >= 11 is 0. The number of methoxy groups -OCH3 is 1. The quantitative estimate of drug-likeness (QED) is 0.875. The molecule has 1 saturated carbocycles. The Kier molecular flexibility index (Phi) is 5.05. The molecule has 1 atom stereocenters. The van der Waals surface area contributed by atoms with Gasteiger partial charge in [0, 0.05) is 6.04 Å². The van der Waals surface area contributed by atoms with Gasteiger partial charge in [-0.2, -0.15) is 0 Å². The molecule has 0 aromatic heterocycles. The molecule has 4 nitrogen and oxygen atoms in total. The van der Waals surface area contributed by atoms with E-state index in [9.17, 15) is 8.42 Å². The van der Waals surface area contributed by atoms with Crippen LogP contribution in [-0.2, 0) is 9.84 Å². The Morgan fingerprint density at radius 1 is 1.35 bits per heavy atom. The number of hydrogen-bond acceptors (Lipinski definition) is 4. The Bertz CT molecular complexity index is 536. The van der Waals surface area contributed by atoms with Gasteiger partial charge in [0.05, 0.1) is 18.1 Å². The standard InChI is InChI=1S/C15H23NO3S/c1-16-15(12-6-5-7-13(10-12)19-2)11-20(17,18)14-8-3-4-9-14/h5-7,10,14-16H,3-4,8-9,11H2,1-2H3. The summed E-state index contributed by atoms with van der Waals surface area (Å²) in [7, 11) is 0.371. The monoisotopic (exact) mass is 297 g/mol. The lowest BCUT2D eigenvalue weighted by Gasteiger charge is -2.20.